The Labute approximate surface area is 130 Å². The molecule has 0 saturated heterocycles. The summed E-state index contributed by atoms with van der Waals surface area (Å²) in [7, 11) is 0. The molecule has 5 heteroatoms. The van der Waals surface area contributed by atoms with Crippen LogP contribution in [0.4, 0.5) is 0 Å². The van der Waals surface area contributed by atoms with Crippen LogP contribution in [0, 0.1) is 0 Å². The molecule has 110 valence electrons. The number of nitrogens with zero attached hydrogens (tertiary/aromatic N) is 2. The minimum Gasteiger partial charge on any atom is -0.304 e. The van der Waals surface area contributed by atoms with Crippen LogP contribution in [-0.4, -0.2) is 9.78 Å². The highest BCUT2D eigenvalue weighted by Gasteiger charge is 2.16. The molecule has 2 aromatic heterocycles. The first-order valence-electron chi connectivity index (χ1n) is 7.22. The van der Waals surface area contributed by atoms with Gasteiger partial charge >= 0.3 is 0 Å². The first kappa shape index (κ1) is 15.5. The van der Waals surface area contributed by atoms with Gasteiger partial charge in [0.25, 0.3) is 0 Å². The van der Waals surface area contributed by atoms with Gasteiger partial charge in [0.15, 0.2) is 0 Å². The predicted octanol–water partition coefficient (Wildman–Crippen LogP) is 4.42. The Hall–Kier alpha value is -0.840. The lowest BCUT2D eigenvalue weighted by Crippen LogP contribution is -2.21. The number of hydrogen-bond acceptors (Lipinski definition) is 3. The fourth-order valence-corrected chi connectivity index (χ4v) is 3.56. The largest absolute Gasteiger partial charge is 0.304 e. The van der Waals surface area contributed by atoms with Crippen molar-refractivity contribution in [2.45, 2.75) is 52.7 Å². The summed E-state index contributed by atoms with van der Waals surface area (Å²) in [6, 6.07) is 4.67. The third-order valence-electron chi connectivity index (χ3n) is 3.50. The SMILES string of the molecule is CCc1nn(CC)c(CNC(CC)c2cccs2)c1Cl. The van der Waals surface area contributed by atoms with Crippen molar-refractivity contribution in [3.63, 3.8) is 0 Å². The molecule has 2 heterocycles. The van der Waals surface area contributed by atoms with Gasteiger partial charge in [-0.15, -0.1) is 11.3 Å². The maximum absolute atomic E-state index is 6.44. The van der Waals surface area contributed by atoms with Gasteiger partial charge in [-0.2, -0.15) is 5.10 Å². The van der Waals surface area contributed by atoms with Gasteiger partial charge in [0.2, 0.25) is 0 Å². The van der Waals surface area contributed by atoms with E-state index >= 15 is 0 Å². The normalized spacial score (nSPS) is 12.8. The first-order chi connectivity index (χ1) is 9.71. The number of nitrogens with one attached hydrogen (secondary N) is 1. The van der Waals surface area contributed by atoms with Crippen LogP contribution < -0.4 is 5.32 Å². The summed E-state index contributed by atoms with van der Waals surface area (Å²) in [5.74, 6) is 0. The molecule has 1 N–H and O–H groups in total. The van der Waals surface area contributed by atoms with E-state index in [4.69, 9.17) is 11.6 Å². The number of rotatable bonds is 7. The van der Waals surface area contributed by atoms with Gasteiger partial charge in [-0.1, -0.05) is 31.5 Å². The van der Waals surface area contributed by atoms with Gasteiger partial charge < -0.3 is 5.32 Å². The van der Waals surface area contributed by atoms with Gasteiger partial charge in [0.1, 0.15) is 0 Å². The smallest absolute Gasteiger partial charge is 0.0863 e. The van der Waals surface area contributed by atoms with Crippen molar-refractivity contribution >= 4 is 22.9 Å². The van der Waals surface area contributed by atoms with E-state index in [0.717, 1.165) is 42.3 Å². The monoisotopic (exact) mass is 311 g/mol. The standard InChI is InChI=1S/C15H22ClN3S/c1-4-11(14-8-7-9-20-14)17-10-13-15(16)12(5-2)18-19(13)6-3/h7-9,11,17H,4-6,10H2,1-3H3. The molecule has 0 aliphatic carbocycles. The van der Waals surface area contributed by atoms with Crippen molar-refractivity contribution in [2.24, 2.45) is 0 Å². The molecule has 2 rings (SSSR count). The van der Waals surface area contributed by atoms with Crippen molar-refractivity contribution in [1.82, 2.24) is 15.1 Å². The van der Waals surface area contributed by atoms with E-state index in [9.17, 15) is 0 Å². The molecule has 0 amide bonds. The molecule has 0 aliphatic rings. The Morgan fingerprint density at radius 1 is 1.40 bits per heavy atom. The maximum Gasteiger partial charge on any atom is 0.0863 e. The number of thiophene rings is 1. The molecule has 1 unspecified atom stereocenters. The van der Waals surface area contributed by atoms with E-state index in [1.54, 1.807) is 11.3 Å². The lowest BCUT2D eigenvalue weighted by Gasteiger charge is -2.16. The van der Waals surface area contributed by atoms with E-state index in [1.807, 2.05) is 4.68 Å². The van der Waals surface area contributed by atoms with Crippen LogP contribution in [0.25, 0.3) is 0 Å². The molecule has 0 bridgehead atoms. The lowest BCUT2D eigenvalue weighted by atomic mass is 10.2. The summed E-state index contributed by atoms with van der Waals surface area (Å²) in [5, 5.41) is 11.1. The Balaban J connectivity index is 2.12. The van der Waals surface area contributed by atoms with Crippen molar-refractivity contribution in [3.8, 4) is 0 Å². The Morgan fingerprint density at radius 3 is 2.75 bits per heavy atom. The van der Waals surface area contributed by atoms with E-state index in [1.165, 1.54) is 4.88 Å². The molecule has 1 atom stereocenters. The molecule has 3 nitrogen and oxygen atoms in total. The zero-order valence-electron chi connectivity index (χ0n) is 12.3. The summed E-state index contributed by atoms with van der Waals surface area (Å²) in [6.45, 7) is 8.00. The highest BCUT2D eigenvalue weighted by Crippen LogP contribution is 2.25. The second-order valence-corrected chi connectivity index (χ2v) is 6.09. The van der Waals surface area contributed by atoms with Gasteiger partial charge in [-0.05, 0) is 31.2 Å². The second-order valence-electron chi connectivity index (χ2n) is 4.73. The third kappa shape index (κ3) is 3.25. The molecule has 20 heavy (non-hydrogen) atoms. The third-order valence-corrected chi connectivity index (χ3v) is 4.93. The molecule has 0 aromatic carbocycles. The first-order valence-corrected chi connectivity index (χ1v) is 8.47. The molecule has 0 spiro atoms. The van der Waals surface area contributed by atoms with Crippen LogP contribution in [0.2, 0.25) is 5.02 Å². The Kier molecular flexibility index (Phi) is 5.64. The summed E-state index contributed by atoms with van der Waals surface area (Å²) in [4.78, 5) is 1.38. The molecular formula is C15H22ClN3S. The minimum absolute atomic E-state index is 0.386. The van der Waals surface area contributed by atoms with Crippen molar-refractivity contribution in [3.05, 3.63) is 38.8 Å². The number of hydrogen-bond donors (Lipinski definition) is 1. The number of aromatic nitrogens is 2. The zero-order valence-corrected chi connectivity index (χ0v) is 13.9. The Bertz CT molecular complexity index is 534. The van der Waals surface area contributed by atoms with Crippen molar-refractivity contribution in [2.75, 3.05) is 0 Å². The minimum atomic E-state index is 0.386. The topological polar surface area (TPSA) is 29.9 Å². The van der Waals surface area contributed by atoms with Crippen LogP contribution in [-0.2, 0) is 19.5 Å². The van der Waals surface area contributed by atoms with E-state index in [-0.39, 0.29) is 0 Å². The van der Waals surface area contributed by atoms with Crippen LogP contribution in [0.5, 0.6) is 0 Å². The molecule has 0 saturated carbocycles. The fourth-order valence-electron chi connectivity index (χ4n) is 2.34. The van der Waals surface area contributed by atoms with Gasteiger partial charge in [0.05, 0.1) is 16.4 Å². The Morgan fingerprint density at radius 2 is 2.20 bits per heavy atom. The van der Waals surface area contributed by atoms with Crippen molar-refractivity contribution in [1.29, 1.82) is 0 Å². The highest BCUT2D eigenvalue weighted by molar-refractivity contribution is 7.10. The molecule has 0 radical (unpaired) electrons. The van der Waals surface area contributed by atoms with Gasteiger partial charge in [0, 0.05) is 24.0 Å². The lowest BCUT2D eigenvalue weighted by molar-refractivity contribution is 0.499. The average molecular weight is 312 g/mol. The van der Waals surface area contributed by atoms with Crippen molar-refractivity contribution < 1.29 is 0 Å². The summed E-state index contributed by atoms with van der Waals surface area (Å²) in [5.41, 5.74) is 2.09. The zero-order chi connectivity index (χ0) is 14.5. The maximum atomic E-state index is 6.44. The van der Waals surface area contributed by atoms with Gasteiger partial charge in [-0.25, -0.2) is 0 Å². The summed E-state index contributed by atoms with van der Waals surface area (Å²) in [6.07, 6.45) is 1.94. The number of halogens is 1. The molecule has 2 aromatic rings. The van der Waals surface area contributed by atoms with Gasteiger partial charge in [-0.3, -0.25) is 4.68 Å². The predicted molar refractivity (Wildman–Crippen MR) is 86.5 cm³/mol. The molecule has 0 aliphatic heterocycles. The van der Waals surface area contributed by atoms with E-state index in [0.29, 0.717) is 6.04 Å². The van der Waals surface area contributed by atoms with Crippen LogP contribution >= 0.6 is 22.9 Å². The summed E-state index contributed by atoms with van der Waals surface area (Å²) >= 11 is 8.24. The van der Waals surface area contributed by atoms with Crippen LogP contribution in [0.1, 0.15) is 49.5 Å². The second kappa shape index (κ2) is 7.25. The molecular weight excluding hydrogens is 290 g/mol. The quantitative estimate of drug-likeness (QED) is 0.820. The van der Waals surface area contributed by atoms with E-state index in [2.05, 4.69) is 48.7 Å². The highest BCUT2D eigenvalue weighted by atomic mass is 35.5. The fraction of sp³-hybridized carbons (Fsp3) is 0.533. The number of aryl methyl sites for hydroxylation is 2. The molecule has 0 fully saturated rings. The van der Waals surface area contributed by atoms with E-state index < -0.39 is 0 Å². The van der Waals surface area contributed by atoms with Crippen LogP contribution in [0.3, 0.4) is 0 Å². The average Bonchev–Trinajstić information content (AvgIpc) is 3.08. The van der Waals surface area contributed by atoms with Crippen LogP contribution in [0.15, 0.2) is 17.5 Å². The summed E-state index contributed by atoms with van der Waals surface area (Å²) < 4.78 is 2.01.